The molecule has 5 nitrogen and oxygen atoms in total. The Bertz CT molecular complexity index is 3120. The van der Waals surface area contributed by atoms with Crippen LogP contribution in [0.2, 0.25) is 0 Å². The van der Waals surface area contributed by atoms with Gasteiger partial charge in [-0.15, -0.1) is 0 Å². The lowest BCUT2D eigenvalue weighted by atomic mass is 9.82. The van der Waals surface area contributed by atoms with Gasteiger partial charge < -0.3 is 14.3 Å². The number of benzene rings is 7. The van der Waals surface area contributed by atoms with Gasteiger partial charge in [-0.2, -0.15) is 0 Å². The monoisotopic (exact) mass is 612 g/mol. The van der Waals surface area contributed by atoms with Crippen molar-refractivity contribution in [3.8, 4) is 0 Å². The minimum atomic E-state index is -0.429. The Balaban J connectivity index is 1.27. The topological polar surface area (TPSA) is 50.8 Å². The van der Waals surface area contributed by atoms with Crippen molar-refractivity contribution in [2.45, 2.75) is 6.29 Å². The summed E-state index contributed by atoms with van der Waals surface area (Å²) >= 11 is 0. The smallest absolute Gasteiger partial charge is 0.201 e. The molecule has 48 heavy (non-hydrogen) atoms. The van der Waals surface area contributed by atoms with Crippen molar-refractivity contribution in [1.29, 1.82) is 0 Å². The third-order valence-electron chi connectivity index (χ3n) is 10.8. The molecule has 0 bridgehead atoms. The second-order valence-electron chi connectivity index (χ2n) is 13.1. The number of ketones is 1. The minimum Gasteiger partial charge on any atom is -0.346 e. The molecule has 2 aliphatic rings. The summed E-state index contributed by atoms with van der Waals surface area (Å²) < 4.78 is 4.86. The fraction of sp³-hybridized carbons (Fsp3) is 0.0233. The van der Waals surface area contributed by atoms with E-state index in [-0.39, 0.29) is 5.78 Å². The number of carbonyl (C=O) groups is 1. The van der Waals surface area contributed by atoms with E-state index >= 15 is 0 Å². The molecule has 3 aromatic heterocycles. The third-order valence-corrected chi connectivity index (χ3v) is 10.8. The van der Waals surface area contributed by atoms with Gasteiger partial charge in [-0.05, 0) is 29.7 Å². The van der Waals surface area contributed by atoms with Crippen LogP contribution in [0.25, 0.3) is 70.7 Å². The summed E-state index contributed by atoms with van der Waals surface area (Å²) in [5, 5.41) is 13.7. The van der Waals surface area contributed by atoms with Crippen LogP contribution in [0.3, 0.4) is 0 Å². The van der Waals surface area contributed by atoms with Gasteiger partial charge in [0.15, 0.2) is 5.78 Å². The maximum Gasteiger partial charge on any atom is 0.201 e. The van der Waals surface area contributed by atoms with Crippen LogP contribution in [0.5, 0.6) is 0 Å². The van der Waals surface area contributed by atoms with E-state index in [0.717, 1.165) is 33.6 Å². The van der Waals surface area contributed by atoms with Crippen LogP contribution in [-0.2, 0) is 0 Å². The number of aromatic nitrogens is 2. The first-order valence-corrected chi connectivity index (χ1v) is 16.4. The summed E-state index contributed by atoms with van der Waals surface area (Å²) in [6.45, 7) is 0. The van der Waals surface area contributed by atoms with Crippen molar-refractivity contribution >= 4 is 87.9 Å². The minimum absolute atomic E-state index is 0.0477. The van der Waals surface area contributed by atoms with Gasteiger partial charge in [-0.25, -0.2) is 4.99 Å². The highest BCUT2D eigenvalue weighted by Gasteiger charge is 2.35. The maximum atomic E-state index is 13.6. The summed E-state index contributed by atoms with van der Waals surface area (Å²) in [6, 6.07) is 47.0. The number of hydrogen-bond donors (Lipinski definition) is 1. The average molecular weight is 613 g/mol. The number of nitrogens with one attached hydrogen (secondary N) is 1. The standard InChI is InChI=1S/C43H24N4O/c48-42-27-14-4-3-13-26(27)39-36-30(42)16-9-17-32(36)44-43(45-39)46-34-19-8-6-15-28(34)37-35(46)22-31-25-12-5-7-18-33(25)47-40-24-11-2-1-10-23(24)20-21-29(40)38(37)41(31)47/h1-22,43-44H. The SMILES string of the molecule is O=C1c2ccccc2C2=NC(n3c4ccccc4c4c5c6ccc7ccccc7c6n6c7ccccc7c(cc43)c56)Nc3cccc1c32. The first-order chi connectivity index (χ1) is 23.8. The summed E-state index contributed by atoms with van der Waals surface area (Å²) in [6.07, 6.45) is -0.429. The number of carbonyl (C=O) groups excluding carboxylic acids is 1. The molecule has 7 aromatic carbocycles. The van der Waals surface area contributed by atoms with Gasteiger partial charge in [-0.1, -0.05) is 109 Å². The lowest BCUT2D eigenvalue weighted by Crippen LogP contribution is -2.30. The maximum absolute atomic E-state index is 13.6. The van der Waals surface area contributed by atoms with Crippen molar-refractivity contribution in [2.75, 3.05) is 5.32 Å². The van der Waals surface area contributed by atoms with Crippen molar-refractivity contribution in [3.05, 3.63) is 156 Å². The molecule has 0 saturated heterocycles. The zero-order valence-corrected chi connectivity index (χ0v) is 25.5. The van der Waals surface area contributed by atoms with Crippen molar-refractivity contribution in [3.63, 3.8) is 0 Å². The first kappa shape index (κ1) is 24.7. The molecule has 12 rings (SSSR count). The number of para-hydroxylation sites is 2. The van der Waals surface area contributed by atoms with Crippen LogP contribution in [0.15, 0.2) is 138 Å². The molecular weight excluding hydrogens is 589 g/mol. The molecule has 10 aromatic rings. The number of fused-ring (bicyclic) bond motifs is 14. The molecule has 1 N–H and O–H groups in total. The van der Waals surface area contributed by atoms with E-state index in [1.54, 1.807) is 0 Å². The fourth-order valence-corrected chi connectivity index (χ4v) is 8.89. The lowest BCUT2D eigenvalue weighted by Gasteiger charge is -2.31. The third kappa shape index (κ3) is 2.81. The van der Waals surface area contributed by atoms with E-state index in [0.29, 0.717) is 11.1 Å². The zero-order chi connectivity index (χ0) is 31.2. The number of anilines is 1. The quantitative estimate of drug-likeness (QED) is 0.201. The van der Waals surface area contributed by atoms with Gasteiger partial charge in [0.1, 0.15) is 0 Å². The summed E-state index contributed by atoms with van der Waals surface area (Å²) in [5.41, 5.74) is 10.9. The Labute approximate surface area is 273 Å². The normalized spacial score (nSPS) is 15.6. The van der Waals surface area contributed by atoms with E-state index in [9.17, 15) is 4.79 Å². The predicted molar refractivity (Wildman–Crippen MR) is 196 cm³/mol. The molecule has 1 aliphatic heterocycles. The molecule has 1 aliphatic carbocycles. The molecule has 0 saturated carbocycles. The Kier molecular flexibility index (Phi) is 4.36. The number of aliphatic imine (C=N–C) groups is 1. The number of hydrogen-bond acceptors (Lipinski definition) is 3. The van der Waals surface area contributed by atoms with Gasteiger partial charge >= 0.3 is 0 Å². The van der Waals surface area contributed by atoms with Crippen LogP contribution < -0.4 is 5.32 Å². The summed E-state index contributed by atoms with van der Waals surface area (Å²) in [5.74, 6) is 0.0477. The van der Waals surface area contributed by atoms with E-state index in [1.165, 1.54) is 59.6 Å². The van der Waals surface area contributed by atoms with Gasteiger partial charge in [0.25, 0.3) is 0 Å². The van der Waals surface area contributed by atoms with Gasteiger partial charge in [0.05, 0.1) is 33.3 Å². The second kappa shape index (κ2) is 8.46. The van der Waals surface area contributed by atoms with Crippen LogP contribution in [0.1, 0.15) is 33.3 Å². The van der Waals surface area contributed by atoms with Gasteiger partial charge in [0.2, 0.25) is 6.29 Å². The van der Waals surface area contributed by atoms with E-state index in [1.807, 2.05) is 36.4 Å². The van der Waals surface area contributed by atoms with Crippen molar-refractivity contribution in [1.82, 2.24) is 8.97 Å². The molecule has 222 valence electrons. The molecule has 4 heterocycles. The molecule has 0 spiro atoms. The average Bonchev–Trinajstić information content (AvgIpc) is 3.78. The predicted octanol–water partition coefficient (Wildman–Crippen LogP) is 10.1. The summed E-state index contributed by atoms with van der Waals surface area (Å²) in [4.78, 5) is 19.0. The van der Waals surface area contributed by atoms with Gasteiger partial charge in [-0.3, -0.25) is 4.79 Å². The zero-order valence-electron chi connectivity index (χ0n) is 25.5. The van der Waals surface area contributed by atoms with E-state index < -0.39 is 6.29 Å². The van der Waals surface area contributed by atoms with Crippen molar-refractivity contribution < 1.29 is 4.79 Å². The van der Waals surface area contributed by atoms with Gasteiger partial charge in [0, 0.05) is 65.6 Å². The number of rotatable bonds is 1. The summed E-state index contributed by atoms with van der Waals surface area (Å²) in [7, 11) is 0. The molecule has 1 atom stereocenters. The highest BCUT2D eigenvalue weighted by atomic mass is 16.1. The van der Waals surface area contributed by atoms with Crippen LogP contribution in [-0.4, -0.2) is 20.5 Å². The number of nitrogens with zero attached hydrogens (tertiary/aromatic N) is 3. The molecular formula is C43H24N4O. The fourth-order valence-electron chi connectivity index (χ4n) is 8.89. The van der Waals surface area contributed by atoms with Crippen molar-refractivity contribution in [2.24, 2.45) is 4.99 Å². The molecule has 1 unspecified atom stereocenters. The Morgan fingerprint density at radius 2 is 1.27 bits per heavy atom. The van der Waals surface area contributed by atoms with E-state index in [4.69, 9.17) is 4.99 Å². The Morgan fingerprint density at radius 1 is 0.542 bits per heavy atom. The van der Waals surface area contributed by atoms with E-state index in [2.05, 4.69) is 111 Å². The largest absolute Gasteiger partial charge is 0.346 e. The highest BCUT2D eigenvalue weighted by Crippen LogP contribution is 2.48. The molecule has 0 radical (unpaired) electrons. The first-order valence-electron chi connectivity index (χ1n) is 16.4. The van der Waals surface area contributed by atoms with Crippen LogP contribution in [0, 0.1) is 0 Å². The highest BCUT2D eigenvalue weighted by molar-refractivity contribution is 6.37. The lowest BCUT2D eigenvalue weighted by molar-refractivity contribution is 0.103. The molecule has 5 heteroatoms. The molecule has 0 amide bonds. The second-order valence-corrected chi connectivity index (χ2v) is 13.1. The van der Waals surface area contributed by atoms with Crippen LogP contribution >= 0.6 is 0 Å². The Hall–Kier alpha value is -6.46. The molecule has 0 fully saturated rings. The van der Waals surface area contributed by atoms with Crippen LogP contribution in [0.4, 0.5) is 5.69 Å². The Morgan fingerprint density at radius 3 is 2.17 bits per heavy atom.